The molecule has 0 aliphatic carbocycles. The van der Waals surface area contributed by atoms with Crippen molar-refractivity contribution < 1.29 is 9.59 Å². The lowest BCUT2D eigenvalue weighted by Gasteiger charge is -2.37. The van der Waals surface area contributed by atoms with E-state index < -0.39 is 0 Å². The van der Waals surface area contributed by atoms with E-state index in [0.29, 0.717) is 42.5 Å². The van der Waals surface area contributed by atoms with Crippen molar-refractivity contribution in [3.05, 3.63) is 59.1 Å². The monoisotopic (exact) mass is 497 g/mol. The second-order valence-electron chi connectivity index (χ2n) is 9.11. The van der Waals surface area contributed by atoms with Gasteiger partial charge in [0.15, 0.2) is 5.11 Å². The lowest BCUT2D eigenvalue weighted by molar-refractivity contribution is -0.129. The molecule has 2 fully saturated rings. The Morgan fingerprint density at radius 1 is 1.18 bits per heavy atom. The smallest absolute Gasteiger partial charge is 0.237 e. The highest BCUT2D eigenvalue weighted by Gasteiger charge is 2.43. The van der Waals surface area contributed by atoms with Gasteiger partial charge in [-0.25, -0.2) is 0 Å². The normalized spacial score (nSPS) is 23.7. The topological polar surface area (TPSA) is 76.7 Å². The van der Waals surface area contributed by atoms with Crippen LogP contribution in [0.4, 0.5) is 11.4 Å². The highest BCUT2D eigenvalue weighted by Crippen LogP contribution is 2.30. The molecule has 7 nitrogen and oxygen atoms in total. The van der Waals surface area contributed by atoms with Crippen LogP contribution in [-0.4, -0.2) is 59.6 Å². The SMILES string of the molecule is O=C1NC[C@@H](CCC(=O)N2CCc3ccccc32)N2C[C@@H](NC(=S)Nc3ccc(Cl)cc3)C[C@@H]12. The molecule has 0 saturated carbocycles. The van der Waals surface area contributed by atoms with Gasteiger partial charge in [-0.05, 0) is 67.4 Å². The van der Waals surface area contributed by atoms with Gasteiger partial charge in [-0.1, -0.05) is 29.8 Å². The lowest BCUT2D eigenvalue weighted by Crippen LogP contribution is -2.58. The molecule has 2 aromatic rings. The Balaban J connectivity index is 1.16. The van der Waals surface area contributed by atoms with Gasteiger partial charge in [-0.15, -0.1) is 0 Å². The van der Waals surface area contributed by atoms with E-state index in [4.69, 9.17) is 23.8 Å². The molecular weight excluding hydrogens is 470 g/mol. The fraction of sp³-hybridized carbons (Fsp3) is 0.400. The molecule has 0 unspecified atom stereocenters. The van der Waals surface area contributed by atoms with Gasteiger partial charge in [0, 0.05) is 54.5 Å². The molecule has 0 spiro atoms. The number of amides is 2. The summed E-state index contributed by atoms with van der Waals surface area (Å²) in [6, 6.07) is 15.5. The highest BCUT2D eigenvalue weighted by molar-refractivity contribution is 7.80. The zero-order valence-corrected chi connectivity index (χ0v) is 20.4. The molecule has 3 aliphatic heterocycles. The van der Waals surface area contributed by atoms with E-state index in [2.05, 4.69) is 26.9 Å². The van der Waals surface area contributed by atoms with Crippen molar-refractivity contribution in [1.82, 2.24) is 15.5 Å². The van der Waals surface area contributed by atoms with Crippen molar-refractivity contribution in [3.63, 3.8) is 0 Å². The first-order valence-corrected chi connectivity index (χ1v) is 12.5. The molecule has 9 heteroatoms. The van der Waals surface area contributed by atoms with Gasteiger partial charge < -0.3 is 20.9 Å². The number of hydrogen-bond acceptors (Lipinski definition) is 4. The van der Waals surface area contributed by atoms with Gasteiger partial charge in [-0.2, -0.15) is 0 Å². The van der Waals surface area contributed by atoms with E-state index in [9.17, 15) is 9.59 Å². The van der Waals surface area contributed by atoms with Gasteiger partial charge in [0.05, 0.1) is 6.04 Å². The molecule has 5 rings (SSSR count). The van der Waals surface area contributed by atoms with Crippen molar-refractivity contribution >= 4 is 52.1 Å². The van der Waals surface area contributed by atoms with E-state index in [1.165, 1.54) is 5.56 Å². The number of para-hydroxylation sites is 1. The van der Waals surface area contributed by atoms with Crippen LogP contribution in [0.5, 0.6) is 0 Å². The summed E-state index contributed by atoms with van der Waals surface area (Å²) >= 11 is 11.4. The summed E-state index contributed by atoms with van der Waals surface area (Å²) < 4.78 is 0. The van der Waals surface area contributed by atoms with E-state index in [-0.39, 0.29) is 29.9 Å². The molecule has 3 aliphatic rings. The molecule has 178 valence electrons. The maximum atomic E-state index is 13.0. The number of halogens is 1. The number of anilines is 2. The summed E-state index contributed by atoms with van der Waals surface area (Å²) in [6.07, 6.45) is 2.77. The molecule has 3 heterocycles. The standard InChI is InChI=1S/C25H28ClN5O2S/c26-17-5-7-18(8-6-17)28-25(34)29-19-13-22-24(33)27-14-20(31(22)15-19)9-10-23(32)30-12-11-16-3-1-2-4-21(16)30/h1-8,19-20,22H,9-15H2,(H,27,33)(H2,28,29,34)/t19-,20+,22-/m0/s1. The number of carbonyl (C=O) groups is 2. The van der Waals surface area contributed by atoms with Crippen LogP contribution in [0.1, 0.15) is 24.8 Å². The summed E-state index contributed by atoms with van der Waals surface area (Å²) in [5, 5.41) is 10.7. The Morgan fingerprint density at radius 3 is 2.79 bits per heavy atom. The second-order valence-corrected chi connectivity index (χ2v) is 9.96. The van der Waals surface area contributed by atoms with E-state index >= 15 is 0 Å². The van der Waals surface area contributed by atoms with Crippen molar-refractivity contribution in [3.8, 4) is 0 Å². The molecular formula is C25H28ClN5O2S. The molecule has 0 radical (unpaired) electrons. The maximum Gasteiger partial charge on any atom is 0.237 e. The second kappa shape index (κ2) is 9.90. The van der Waals surface area contributed by atoms with Crippen LogP contribution in [0.2, 0.25) is 5.02 Å². The zero-order chi connectivity index (χ0) is 23.7. The Labute approximate surface area is 209 Å². The number of thiocarbonyl (C=S) groups is 1. The first-order chi connectivity index (χ1) is 16.5. The lowest BCUT2D eigenvalue weighted by atomic mass is 10.0. The number of carbonyl (C=O) groups excluding carboxylic acids is 2. The number of hydrogen-bond donors (Lipinski definition) is 3. The predicted molar refractivity (Wildman–Crippen MR) is 138 cm³/mol. The van der Waals surface area contributed by atoms with Crippen molar-refractivity contribution in [1.29, 1.82) is 0 Å². The third-order valence-corrected chi connectivity index (χ3v) is 7.41. The third-order valence-electron chi connectivity index (χ3n) is 6.94. The van der Waals surface area contributed by atoms with Gasteiger partial charge >= 0.3 is 0 Å². The van der Waals surface area contributed by atoms with E-state index in [1.54, 1.807) is 12.1 Å². The number of benzene rings is 2. The number of rotatable bonds is 5. The molecule has 2 aromatic carbocycles. The van der Waals surface area contributed by atoms with Crippen LogP contribution in [-0.2, 0) is 16.0 Å². The van der Waals surface area contributed by atoms with Crippen LogP contribution in [0, 0.1) is 0 Å². The molecule has 2 saturated heterocycles. The molecule has 0 bridgehead atoms. The molecule has 34 heavy (non-hydrogen) atoms. The summed E-state index contributed by atoms with van der Waals surface area (Å²) in [4.78, 5) is 29.7. The van der Waals surface area contributed by atoms with Crippen molar-refractivity contribution in [2.75, 3.05) is 29.9 Å². The average molecular weight is 498 g/mol. The molecule has 2 amide bonds. The van der Waals surface area contributed by atoms with Crippen molar-refractivity contribution in [2.24, 2.45) is 0 Å². The minimum absolute atomic E-state index is 0.0527. The van der Waals surface area contributed by atoms with Crippen LogP contribution >= 0.6 is 23.8 Å². The predicted octanol–water partition coefficient (Wildman–Crippen LogP) is 2.94. The van der Waals surface area contributed by atoms with Gasteiger partial charge in [0.1, 0.15) is 0 Å². The molecule has 0 aromatic heterocycles. The third kappa shape index (κ3) is 4.89. The van der Waals surface area contributed by atoms with E-state index in [0.717, 1.165) is 24.3 Å². The maximum absolute atomic E-state index is 13.0. The minimum Gasteiger partial charge on any atom is -0.358 e. The number of nitrogens with one attached hydrogen (secondary N) is 3. The van der Waals surface area contributed by atoms with Crippen LogP contribution < -0.4 is 20.9 Å². The fourth-order valence-electron chi connectivity index (χ4n) is 5.26. The van der Waals surface area contributed by atoms with E-state index in [1.807, 2.05) is 35.2 Å². The number of piperazine rings is 1. The summed E-state index contributed by atoms with van der Waals surface area (Å²) in [5.41, 5.74) is 3.13. The highest BCUT2D eigenvalue weighted by atomic mass is 35.5. The largest absolute Gasteiger partial charge is 0.358 e. The Morgan fingerprint density at radius 2 is 1.97 bits per heavy atom. The molecule has 3 atom stereocenters. The van der Waals surface area contributed by atoms with Crippen LogP contribution in [0.15, 0.2) is 48.5 Å². The van der Waals surface area contributed by atoms with Crippen LogP contribution in [0.3, 0.4) is 0 Å². The Kier molecular flexibility index (Phi) is 6.72. The van der Waals surface area contributed by atoms with Gasteiger partial charge in [-0.3, -0.25) is 14.5 Å². The quantitative estimate of drug-likeness (QED) is 0.551. The fourth-order valence-corrected chi connectivity index (χ4v) is 5.67. The summed E-state index contributed by atoms with van der Waals surface area (Å²) in [6.45, 7) is 2.03. The van der Waals surface area contributed by atoms with Gasteiger partial charge in [0.2, 0.25) is 11.8 Å². The zero-order valence-electron chi connectivity index (χ0n) is 18.8. The van der Waals surface area contributed by atoms with Crippen LogP contribution in [0.25, 0.3) is 0 Å². The average Bonchev–Trinajstić information content (AvgIpc) is 3.45. The number of nitrogens with zero attached hydrogens (tertiary/aromatic N) is 2. The number of fused-ring (bicyclic) bond motifs is 2. The summed E-state index contributed by atoms with van der Waals surface area (Å²) in [7, 11) is 0. The Hall–Kier alpha value is -2.68. The summed E-state index contributed by atoms with van der Waals surface area (Å²) in [5.74, 6) is 0.206. The van der Waals surface area contributed by atoms with Crippen molar-refractivity contribution in [2.45, 2.75) is 43.8 Å². The minimum atomic E-state index is -0.197. The molecule has 3 N–H and O–H groups in total. The Bertz CT molecular complexity index is 1090. The first kappa shape index (κ1) is 23.1. The van der Waals surface area contributed by atoms with Gasteiger partial charge in [0.25, 0.3) is 0 Å². The first-order valence-electron chi connectivity index (χ1n) is 11.7.